The van der Waals surface area contributed by atoms with E-state index in [0.717, 1.165) is 4.73 Å². The van der Waals surface area contributed by atoms with Crippen LogP contribution in [0.2, 0.25) is 0 Å². The van der Waals surface area contributed by atoms with E-state index in [1.807, 2.05) is 0 Å². The lowest BCUT2D eigenvalue weighted by Gasteiger charge is -2.30. The number of rotatable bonds is 7. The lowest BCUT2D eigenvalue weighted by Crippen LogP contribution is -2.53. The van der Waals surface area contributed by atoms with Crippen molar-refractivity contribution in [1.29, 1.82) is 0 Å². The maximum atomic E-state index is 13.0. The standard InChI is InChI=1S/C20H25N3O6/c1-19(2,3)28-18(27)22-20(4,14-8-6-5-7-9-14)17(26)29-23-12-15(21-13-23)10-11-16(24)25/h5-9,12-13H,10-11H2,1-4H3,(H,22,27)(H,24,25)/t20-/m1/s1. The molecule has 2 rings (SSSR count). The van der Waals surface area contributed by atoms with Crippen LogP contribution in [0.5, 0.6) is 0 Å². The average molecular weight is 403 g/mol. The van der Waals surface area contributed by atoms with Gasteiger partial charge in [0.05, 0.1) is 18.3 Å². The fourth-order valence-corrected chi connectivity index (χ4v) is 2.47. The third kappa shape index (κ3) is 6.34. The monoisotopic (exact) mass is 403 g/mol. The van der Waals surface area contributed by atoms with Crippen molar-refractivity contribution in [3.8, 4) is 0 Å². The van der Waals surface area contributed by atoms with E-state index in [9.17, 15) is 14.4 Å². The minimum absolute atomic E-state index is 0.0904. The number of carbonyl (C=O) groups is 3. The molecule has 1 amide bonds. The Morgan fingerprint density at radius 1 is 1.14 bits per heavy atom. The highest BCUT2D eigenvalue weighted by molar-refractivity contribution is 5.87. The Morgan fingerprint density at radius 2 is 1.79 bits per heavy atom. The van der Waals surface area contributed by atoms with E-state index < -0.39 is 29.2 Å². The number of carboxylic acids is 1. The Balaban J connectivity index is 2.21. The molecule has 0 aliphatic carbocycles. The van der Waals surface area contributed by atoms with Gasteiger partial charge in [0.25, 0.3) is 0 Å². The van der Waals surface area contributed by atoms with Gasteiger partial charge in [0.1, 0.15) is 11.9 Å². The smallest absolute Gasteiger partial charge is 0.408 e. The number of nitrogens with one attached hydrogen (secondary N) is 1. The topological polar surface area (TPSA) is 120 Å². The number of imidazole rings is 1. The number of aliphatic carboxylic acids is 1. The second kappa shape index (κ2) is 8.76. The SMILES string of the molecule is CC(C)(C)OC(=O)N[C@@](C)(C(=O)On1cnc(CCC(=O)O)c1)c1ccccc1. The molecule has 0 spiro atoms. The van der Waals surface area contributed by atoms with Crippen molar-refractivity contribution < 1.29 is 29.1 Å². The van der Waals surface area contributed by atoms with E-state index in [-0.39, 0.29) is 12.8 Å². The molecule has 0 aliphatic heterocycles. The molecule has 1 aromatic heterocycles. The summed E-state index contributed by atoms with van der Waals surface area (Å²) in [5, 5.41) is 11.3. The normalized spacial score (nSPS) is 13.2. The summed E-state index contributed by atoms with van der Waals surface area (Å²) in [6, 6.07) is 8.63. The molecule has 0 radical (unpaired) electrons. The lowest BCUT2D eigenvalue weighted by molar-refractivity contribution is -0.152. The minimum atomic E-state index is -1.53. The van der Waals surface area contributed by atoms with Crippen LogP contribution < -0.4 is 10.2 Å². The molecular formula is C20H25N3O6. The first kappa shape index (κ1) is 21.9. The maximum absolute atomic E-state index is 13.0. The quantitative estimate of drug-likeness (QED) is 0.728. The second-order valence-electron chi connectivity index (χ2n) is 7.62. The van der Waals surface area contributed by atoms with Gasteiger partial charge in [0.2, 0.25) is 0 Å². The van der Waals surface area contributed by atoms with Gasteiger partial charge in [-0.2, -0.15) is 4.73 Å². The van der Waals surface area contributed by atoms with E-state index in [1.54, 1.807) is 51.1 Å². The Hall–Kier alpha value is -3.36. The molecule has 0 saturated carbocycles. The molecule has 29 heavy (non-hydrogen) atoms. The molecule has 0 aliphatic rings. The van der Waals surface area contributed by atoms with Crippen molar-refractivity contribution in [2.45, 2.75) is 51.7 Å². The summed E-state index contributed by atoms with van der Waals surface area (Å²) in [6.07, 6.45) is 2.01. The predicted molar refractivity (Wildman–Crippen MR) is 103 cm³/mol. The van der Waals surface area contributed by atoms with Gasteiger partial charge >= 0.3 is 18.0 Å². The number of carboxylic acid groups (broad SMARTS) is 1. The summed E-state index contributed by atoms with van der Waals surface area (Å²) in [5.74, 6) is -1.72. The zero-order valence-corrected chi connectivity index (χ0v) is 16.8. The minimum Gasteiger partial charge on any atom is -0.481 e. The Labute approximate surface area is 168 Å². The van der Waals surface area contributed by atoms with Crippen LogP contribution in [-0.4, -0.2) is 38.5 Å². The van der Waals surface area contributed by atoms with Crippen LogP contribution in [-0.2, 0) is 26.3 Å². The van der Waals surface area contributed by atoms with Crippen LogP contribution in [0, 0.1) is 0 Å². The molecule has 1 aromatic carbocycles. The zero-order chi connectivity index (χ0) is 21.7. The van der Waals surface area contributed by atoms with Crippen LogP contribution in [0.1, 0.15) is 45.4 Å². The number of hydrogen-bond acceptors (Lipinski definition) is 6. The van der Waals surface area contributed by atoms with E-state index in [0.29, 0.717) is 11.3 Å². The first-order valence-corrected chi connectivity index (χ1v) is 9.04. The molecule has 0 saturated heterocycles. The molecule has 156 valence electrons. The number of ether oxygens (including phenoxy) is 1. The molecule has 1 heterocycles. The van der Waals surface area contributed by atoms with E-state index in [4.69, 9.17) is 14.7 Å². The highest BCUT2D eigenvalue weighted by atomic mass is 16.7. The van der Waals surface area contributed by atoms with Crippen molar-refractivity contribution in [3.63, 3.8) is 0 Å². The molecule has 2 N–H and O–H groups in total. The number of nitrogens with zero attached hydrogens (tertiary/aromatic N) is 2. The van der Waals surface area contributed by atoms with Gasteiger partial charge in [-0.15, -0.1) is 0 Å². The van der Waals surface area contributed by atoms with Gasteiger partial charge in [-0.3, -0.25) is 4.79 Å². The van der Waals surface area contributed by atoms with Gasteiger partial charge in [0.15, 0.2) is 5.54 Å². The third-order valence-corrected chi connectivity index (χ3v) is 3.91. The zero-order valence-electron chi connectivity index (χ0n) is 16.8. The van der Waals surface area contributed by atoms with Crippen molar-refractivity contribution in [3.05, 3.63) is 54.1 Å². The highest BCUT2D eigenvalue weighted by Crippen LogP contribution is 2.23. The van der Waals surface area contributed by atoms with E-state index in [1.165, 1.54) is 19.4 Å². The fraction of sp³-hybridized carbons (Fsp3) is 0.400. The molecule has 1 atom stereocenters. The van der Waals surface area contributed by atoms with Crippen LogP contribution in [0.4, 0.5) is 4.79 Å². The summed E-state index contributed by atoms with van der Waals surface area (Å²) < 4.78 is 6.36. The fourth-order valence-electron chi connectivity index (χ4n) is 2.47. The molecule has 9 heteroatoms. The van der Waals surface area contributed by atoms with Crippen molar-refractivity contribution in [2.24, 2.45) is 0 Å². The summed E-state index contributed by atoms with van der Waals surface area (Å²) in [4.78, 5) is 45.4. The Bertz CT molecular complexity index is 872. The molecular weight excluding hydrogens is 378 g/mol. The highest BCUT2D eigenvalue weighted by Gasteiger charge is 2.40. The van der Waals surface area contributed by atoms with Gasteiger partial charge in [-0.05, 0) is 33.3 Å². The summed E-state index contributed by atoms with van der Waals surface area (Å²) in [6.45, 7) is 6.66. The van der Waals surface area contributed by atoms with Crippen molar-refractivity contribution >= 4 is 18.0 Å². The van der Waals surface area contributed by atoms with E-state index >= 15 is 0 Å². The Kier molecular flexibility index (Phi) is 6.63. The second-order valence-corrected chi connectivity index (χ2v) is 7.62. The number of hydrogen-bond donors (Lipinski definition) is 2. The van der Waals surface area contributed by atoms with Crippen molar-refractivity contribution in [2.75, 3.05) is 0 Å². The van der Waals surface area contributed by atoms with Crippen LogP contribution in [0.3, 0.4) is 0 Å². The molecule has 0 fully saturated rings. The van der Waals surface area contributed by atoms with E-state index in [2.05, 4.69) is 10.3 Å². The van der Waals surface area contributed by atoms with Gasteiger partial charge in [-0.25, -0.2) is 14.6 Å². The number of aromatic nitrogens is 2. The van der Waals surface area contributed by atoms with Crippen LogP contribution in [0.15, 0.2) is 42.9 Å². The summed E-state index contributed by atoms with van der Waals surface area (Å²) in [7, 11) is 0. The van der Waals surface area contributed by atoms with Crippen LogP contribution >= 0.6 is 0 Å². The summed E-state index contributed by atoms with van der Waals surface area (Å²) in [5.41, 5.74) is -1.31. The first-order valence-electron chi connectivity index (χ1n) is 9.04. The molecule has 0 unspecified atom stereocenters. The third-order valence-electron chi connectivity index (χ3n) is 3.91. The predicted octanol–water partition coefficient (Wildman–Crippen LogP) is 2.30. The van der Waals surface area contributed by atoms with Gasteiger partial charge < -0.3 is 20.0 Å². The molecule has 9 nitrogen and oxygen atoms in total. The van der Waals surface area contributed by atoms with Gasteiger partial charge in [-0.1, -0.05) is 30.3 Å². The number of aryl methyl sites for hydroxylation is 1. The molecule has 2 aromatic rings. The number of amides is 1. The number of carbonyl (C=O) groups excluding carboxylic acids is 2. The summed E-state index contributed by atoms with van der Waals surface area (Å²) >= 11 is 0. The average Bonchev–Trinajstić information content (AvgIpc) is 3.06. The van der Waals surface area contributed by atoms with Crippen molar-refractivity contribution in [1.82, 2.24) is 15.0 Å². The maximum Gasteiger partial charge on any atom is 0.408 e. The molecule has 0 bridgehead atoms. The lowest BCUT2D eigenvalue weighted by atomic mass is 9.92. The number of benzene rings is 1. The Morgan fingerprint density at radius 3 is 2.38 bits per heavy atom. The largest absolute Gasteiger partial charge is 0.481 e. The van der Waals surface area contributed by atoms with Gasteiger partial charge in [0, 0.05) is 6.42 Å². The first-order chi connectivity index (χ1) is 13.5. The van der Waals surface area contributed by atoms with Crippen LogP contribution in [0.25, 0.3) is 0 Å². The number of alkyl carbamates (subject to hydrolysis) is 1.